The third-order valence-corrected chi connectivity index (χ3v) is 5.39. The lowest BCUT2D eigenvalue weighted by Gasteiger charge is -2.12. The molecule has 0 amide bonds. The summed E-state index contributed by atoms with van der Waals surface area (Å²) in [4.78, 5) is 0. The summed E-state index contributed by atoms with van der Waals surface area (Å²) >= 11 is 7.14. The van der Waals surface area contributed by atoms with Crippen LogP contribution in [-0.4, -0.2) is 7.69 Å². The minimum absolute atomic E-state index is 0.750. The molecule has 0 N–H and O–H groups in total. The van der Waals surface area contributed by atoms with Crippen LogP contribution < -0.4 is 9.31 Å². The number of hydrogen-bond donors (Lipinski definition) is 0. The van der Waals surface area contributed by atoms with Gasteiger partial charge < -0.3 is 9.31 Å². The maximum absolute atomic E-state index is 5.78. The molecule has 0 fully saturated rings. The molecule has 0 heterocycles. The molecule has 0 aliphatic rings. The Morgan fingerprint density at radius 1 is 0.520 bits per heavy atom. The average Bonchev–Trinajstić information content (AvgIpc) is 2.66. The highest BCUT2D eigenvalue weighted by Crippen LogP contribution is 2.33. The van der Waals surface area contributed by atoms with Gasteiger partial charge in [-0.2, -0.15) is 0 Å². The van der Waals surface area contributed by atoms with Gasteiger partial charge in [0, 0.05) is 19.7 Å². The van der Waals surface area contributed by atoms with E-state index in [1.165, 1.54) is 7.69 Å². The minimum Gasteiger partial charge on any atom is -0.526 e. The second-order valence-electron chi connectivity index (χ2n) is 5.51. The van der Waals surface area contributed by atoms with Crippen LogP contribution in [0.15, 0.2) is 81.7 Å². The van der Waals surface area contributed by atoms with Gasteiger partial charge in [-0.25, -0.2) is 0 Å². The van der Waals surface area contributed by atoms with Crippen LogP contribution in [-0.2, 0) is 0 Å². The molecule has 0 unspecified atom stereocenters. The summed E-state index contributed by atoms with van der Waals surface area (Å²) in [7, 11) is 1.38. The van der Waals surface area contributed by atoms with E-state index in [2.05, 4.69) is 44.0 Å². The van der Waals surface area contributed by atoms with Crippen molar-refractivity contribution in [2.75, 3.05) is 0 Å². The summed E-state index contributed by atoms with van der Waals surface area (Å²) in [5.41, 5.74) is 0. The van der Waals surface area contributed by atoms with Crippen LogP contribution in [0.4, 0.5) is 0 Å². The van der Waals surface area contributed by atoms with E-state index >= 15 is 0 Å². The summed E-state index contributed by atoms with van der Waals surface area (Å²) in [6.07, 6.45) is 0. The number of rotatable bonds is 4. The maximum atomic E-state index is 5.78. The molecule has 0 atom stereocenters. The zero-order chi connectivity index (χ0) is 17.2. The first-order valence-electron chi connectivity index (χ1n) is 7.73. The highest BCUT2D eigenvalue weighted by molar-refractivity contribution is 9.11. The van der Waals surface area contributed by atoms with E-state index in [9.17, 15) is 0 Å². The molecule has 0 aliphatic carbocycles. The summed E-state index contributed by atoms with van der Waals surface area (Å²) in [5, 5.41) is 4.25. The molecule has 4 rings (SSSR count). The van der Waals surface area contributed by atoms with E-state index in [-0.39, 0.29) is 0 Å². The summed E-state index contributed by atoms with van der Waals surface area (Å²) in [6.45, 7) is 0. The third kappa shape index (κ3) is 3.26. The lowest BCUT2D eigenvalue weighted by atomic mass is 10.1. The van der Waals surface area contributed by atoms with Crippen molar-refractivity contribution in [1.29, 1.82) is 0 Å². The van der Waals surface area contributed by atoms with Crippen LogP contribution in [0.1, 0.15) is 0 Å². The SMILES string of the molecule is Brc1ccc(O[B]Oc2ccc(Br)c3ccccc23)c2ccccc12. The maximum Gasteiger partial charge on any atom is 0.658 e. The van der Waals surface area contributed by atoms with Gasteiger partial charge in [-0.1, -0.05) is 80.4 Å². The number of benzene rings is 4. The molecule has 0 bridgehead atoms. The molecule has 1 radical (unpaired) electrons. The minimum atomic E-state index is 0.750. The molecule has 25 heavy (non-hydrogen) atoms. The highest BCUT2D eigenvalue weighted by atomic mass is 79.9. The van der Waals surface area contributed by atoms with Crippen molar-refractivity contribution >= 4 is 61.1 Å². The van der Waals surface area contributed by atoms with Crippen LogP contribution in [0, 0.1) is 0 Å². The van der Waals surface area contributed by atoms with Crippen LogP contribution in [0.25, 0.3) is 21.5 Å². The van der Waals surface area contributed by atoms with Crippen molar-refractivity contribution in [1.82, 2.24) is 0 Å². The zero-order valence-electron chi connectivity index (χ0n) is 13.1. The zero-order valence-corrected chi connectivity index (χ0v) is 16.2. The van der Waals surface area contributed by atoms with E-state index < -0.39 is 0 Å². The van der Waals surface area contributed by atoms with Gasteiger partial charge in [0.25, 0.3) is 0 Å². The van der Waals surface area contributed by atoms with Gasteiger partial charge in [0.2, 0.25) is 0 Å². The quantitative estimate of drug-likeness (QED) is 0.327. The van der Waals surface area contributed by atoms with Gasteiger partial charge >= 0.3 is 7.69 Å². The van der Waals surface area contributed by atoms with Gasteiger partial charge in [0.15, 0.2) is 0 Å². The molecule has 2 nitrogen and oxygen atoms in total. The van der Waals surface area contributed by atoms with E-state index in [1.807, 2.05) is 60.7 Å². The van der Waals surface area contributed by atoms with Crippen molar-refractivity contribution in [3.05, 3.63) is 81.7 Å². The Bertz CT molecular complexity index is 981. The number of hydrogen-bond acceptors (Lipinski definition) is 2. The van der Waals surface area contributed by atoms with E-state index in [4.69, 9.17) is 9.31 Å². The predicted molar refractivity (Wildman–Crippen MR) is 110 cm³/mol. The Balaban J connectivity index is 1.58. The van der Waals surface area contributed by atoms with Gasteiger partial charge in [0.1, 0.15) is 11.5 Å². The Labute approximate surface area is 163 Å². The first-order valence-corrected chi connectivity index (χ1v) is 9.32. The monoisotopic (exact) mass is 453 g/mol. The van der Waals surface area contributed by atoms with E-state index in [0.29, 0.717) is 0 Å². The molecule has 4 aromatic rings. The van der Waals surface area contributed by atoms with E-state index in [0.717, 1.165) is 42.0 Å². The molecule has 0 spiro atoms. The highest BCUT2D eigenvalue weighted by Gasteiger charge is 2.10. The molecular formula is C20H12BBr2O2. The van der Waals surface area contributed by atoms with Crippen LogP contribution in [0.2, 0.25) is 0 Å². The van der Waals surface area contributed by atoms with Gasteiger partial charge in [-0.3, -0.25) is 0 Å². The fourth-order valence-electron chi connectivity index (χ4n) is 2.80. The Morgan fingerprint density at radius 3 is 1.36 bits per heavy atom. The van der Waals surface area contributed by atoms with Crippen molar-refractivity contribution in [3.8, 4) is 11.5 Å². The molecule has 0 saturated carbocycles. The smallest absolute Gasteiger partial charge is 0.526 e. The Kier molecular flexibility index (Phi) is 4.68. The number of halogens is 2. The van der Waals surface area contributed by atoms with Crippen molar-refractivity contribution in [2.45, 2.75) is 0 Å². The standard InChI is InChI=1S/C20H12BBr2O2/c22-17-9-11-19(15-7-3-1-5-13(15)17)24-21-25-20-12-10-18(23)14-6-2-4-8-16(14)20/h1-12H. The Hall–Kier alpha value is -1.98. The summed E-state index contributed by atoms with van der Waals surface area (Å²) in [5.74, 6) is 1.50. The fraction of sp³-hybridized carbons (Fsp3) is 0. The molecule has 0 aromatic heterocycles. The average molecular weight is 455 g/mol. The van der Waals surface area contributed by atoms with Crippen LogP contribution in [0.3, 0.4) is 0 Å². The van der Waals surface area contributed by atoms with Crippen LogP contribution in [0.5, 0.6) is 11.5 Å². The fourth-order valence-corrected chi connectivity index (χ4v) is 3.76. The summed E-state index contributed by atoms with van der Waals surface area (Å²) < 4.78 is 13.6. The molecule has 4 aromatic carbocycles. The second-order valence-corrected chi connectivity index (χ2v) is 7.22. The summed E-state index contributed by atoms with van der Waals surface area (Å²) in [6, 6.07) is 23.9. The largest absolute Gasteiger partial charge is 0.658 e. The van der Waals surface area contributed by atoms with Crippen molar-refractivity contribution < 1.29 is 9.31 Å². The van der Waals surface area contributed by atoms with Gasteiger partial charge in [0.05, 0.1) is 0 Å². The van der Waals surface area contributed by atoms with E-state index in [1.54, 1.807) is 0 Å². The topological polar surface area (TPSA) is 18.5 Å². The van der Waals surface area contributed by atoms with Gasteiger partial charge in [-0.05, 0) is 35.0 Å². The molecule has 0 aliphatic heterocycles. The van der Waals surface area contributed by atoms with Crippen molar-refractivity contribution in [2.24, 2.45) is 0 Å². The molecule has 5 heteroatoms. The van der Waals surface area contributed by atoms with Crippen molar-refractivity contribution in [3.63, 3.8) is 0 Å². The lowest BCUT2D eigenvalue weighted by Crippen LogP contribution is -2.11. The Morgan fingerprint density at radius 2 is 0.920 bits per heavy atom. The normalized spacial score (nSPS) is 10.8. The predicted octanol–water partition coefficient (Wildman–Crippen LogP) is 6.51. The number of fused-ring (bicyclic) bond motifs is 2. The second kappa shape index (κ2) is 7.10. The molecular weight excluding hydrogens is 443 g/mol. The first kappa shape index (κ1) is 16.5. The first-order chi connectivity index (χ1) is 12.2. The molecule has 121 valence electrons. The van der Waals surface area contributed by atoms with Gasteiger partial charge in [-0.15, -0.1) is 0 Å². The third-order valence-electron chi connectivity index (χ3n) is 4.01. The lowest BCUT2D eigenvalue weighted by molar-refractivity contribution is 0.465. The van der Waals surface area contributed by atoms with Crippen LogP contribution >= 0.6 is 31.9 Å². The molecule has 0 saturated heterocycles.